The van der Waals surface area contributed by atoms with E-state index in [2.05, 4.69) is 0 Å². The van der Waals surface area contributed by atoms with Crippen LogP contribution in [-0.4, -0.2) is 23.1 Å². The topological polar surface area (TPSA) is 20.2 Å². The van der Waals surface area contributed by atoms with Gasteiger partial charge < -0.3 is 5.11 Å². The second kappa shape index (κ2) is 4.65. The Labute approximate surface area is 88.8 Å². The van der Waals surface area contributed by atoms with Crippen molar-refractivity contribution in [1.82, 2.24) is 0 Å². The molecule has 0 atom stereocenters. The highest BCUT2D eigenvalue weighted by molar-refractivity contribution is 5.22. The molecule has 0 saturated heterocycles. The number of alkyl halides is 6. The minimum Gasteiger partial charge on any atom is -0.370 e. The SMILES string of the molecule is C/C=C(\CCC)C(O)(C(F)(F)F)C(F)(F)F. The summed E-state index contributed by atoms with van der Waals surface area (Å²) in [7, 11) is 0. The Morgan fingerprint density at radius 3 is 1.62 bits per heavy atom. The fourth-order valence-corrected chi connectivity index (χ4v) is 1.33. The maximum absolute atomic E-state index is 12.3. The van der Waals surface area contributed by atoms with Crippen LogP contribution in [0.5, 0.6) is 0 Å². The smallest absolute Gasteiger partial charge is 0.370 e. The zero-order valence-corrected chi connectivity index (χ0v) is 8.71. The van der Waals surface area contributed by atoms with Crippen molar-refractivity contribution >= 4 is 0 Å². The van der Waals surface area contributed by atoms with Crippen molar-refractivity contribution in [3.8, 4) is 0 Å². The van der Waals surface area contributed by atoms with Gasteiger partial charge >= 0.3 is 12.4 Å². The van der Waals surface area contributed by atoms with E-state index in [1.807, 2.05) is 0 Å². The first kappa shape index (κ1) is 15.3. The predicted molar refractivity (Wildman–Crippen MR) is 45.7 cm³/mol. The molecule has 0 aromatic rings. The third-order valence-electron chi connectivity index (χ3n) is 2.15. The van der Waals surface area contributed by atoms with E-state index < -0.39 is 29.9 Å². The highest BCUT2D eigenvalue weighted by atomic mass is 19.4. The molecule has 0 bridgehead atoms. The maximum atomic E-state index is 12.3. The van der Waals surface area contributed by atoms with E-state index in [-0.39, 0.29) is 6.42 Å². The van der Waals surface area contributed by atoms with Gasteiger partial charge in [-0.1, -0.05) is 19.4 Å². The van der Waals surface area contributed by atoms with Crippen molar-refractivity contribution in [1.29, 1.82) is 0 Å². The monoisotopic (exact) mass is 250 g/mol. The summed E-state index contributed by atoms with van der Waals surface area (Å²) in [5.41, 5.74) is -5.82. The van der Waals surface area contributed by atoms with Gasteiger partial charge in [0.05, 0.1) is 0 Å². The molecule has 0 spiro atoms. The molecule has 0 aliphatic rings. The number of halogens is 6. The van der Waals surface area contributed by atoms with Gasteiger partial charge in [0.15, 0.2) is 0 Å². The molecule has 96 valence electrons. The number of rotatable bonds is 3. The van der Waals surface area contributed by atoms with Crippen LogP contribution in [0.3, 0.4) is 0 Å². The molecule has 1 N–H and O–H groups in total. The lowest BCUT2D eigenvalue weighted by atomic mass is 9.88. The molecule has 0 rings (SSSR count). The molecule has 0 aliphatic carbocycles. The van der Waals surface area contributed by atoms with Crippen molar-refractivity contribution in [2.24, 2.45) is 0 Å². The fraction of sp³-hybridized carbons (Fsp3) is 0.778. The van der Waals surface area contributed by atoms with Crippen molar-refractivity contribution < 1.29 is 31.4 Å². The van der Waals surface area contributed by atoms with Crippen LogP contribution in [0, 0.1) is 0 Å². The second-order valence-corrected chi connectivity index (χ2v) is 3.27. The lowest BCUT2D eigenvalue weighted by Gasteiger charge is -2.34. The van der Waals surface area contributed by atoms with Crippen LogP contribution in [0.4, 0.5) is 26.3 Å². The minimum absolute atomic E-state index is 0.0775. The fourth-order valence-electron chi connectivity index (χ4n) is 1.33. The van der Waals surface area contributed by atoms with Crippen molar-refractivity contribution in [3.05, 3.63) is 11.6 Å². The van der Waals surface area contributed by atoms with E-state index >= 15 is 0 Å². The van der Waals surface area contributed by atoms with E-state index in [0.29, 0.717) is 6.08 Å². The van der Waals surface area contributed by atoms with Gasteiger partial charge in [-0.05, 0) is 18.9 Å². The molecule has 7 heteroatoms. The van der Waals surface area contributed by atoms with Crippen LogP contribution in [0.15, 0.2) is 11.6 Å². The molecule has 0 aromatic carbocycles. The predicted octanol–water partition coefficient (Wildman–Crippen LogP) is 3.59. The highest BCUT2D eigenvalue weighted by Gasteiger charge is 2.71. The molecule has 0 aliphatic heterocycles. The first-order valence-electron chi connectivity index (χ1n) is 4.53. The molecule has 0 saturated carbocycles. The molecule has 16 heavy (non-hydrogen) atoms. The van der Waals surface area contributed by atoms with E-state index in [1.165, 1.54) is 6.92 Å². The normalized spacial score (nSPS) is 15.4. The van der Waals surface area contributed by atoms with Crippen LogP contribution in [0.1, 0.15) is 26.7 Å². The van der Waals surface area contributed by atoms with E-state index in [4.69, 9.17) is 5.11 Å². The first-order valence-corrected chi connectivity index (χ1v) is 4.53. The van der Waals surface area contributed by atoms with E-state index in [0.717, 1.165) is 6.92 Å². The van der Waals surface area contributed by atoms with Gasteiger partial charge in [0, 0.05) is 0 Å². The van der Waals surface area contributed by atoms with Gasteiger partial charge in [-0.3, -0.25) is 0 Å². The average Bonchev–Trinajstić information content (AvgIpc) is 2.09. The van der Waals surface area contributed by atoms with Gasteiger partial charge in [0.25, 0.3) is 5.60 Å². The van der Waals surface area contributed by atoms with E-state index in [1.54, 1.807) is 0 Å². The van der Waals surface area contributed by atoms with Gasteiger partial charge in [-0.25, -0.2) is 0 Å². The van der Waals surface area contributed by atoms with Crippen molar-refractivity contribution in [2.75, 3.05) is 0 Å². The Hall–Kier alpha value is -0.720. The molecular formula is C9H12F6O. The Balaban J connectivity index is 5.60. The van der Waals surface area contributed by atoms with Crippen LogP contribution < -0.4 is 0 Å². The lowest BCUT2D eigenvalue weighted by molar-refractivity contribution is -0.352. The third-order valence-corrected chi connectivity index (χ3v) is 2.15. The standard InChI is InChI=1S/C9H12F6O/c1-3-5-6(4-2)7(16,8(10,11)12)9(13,14)15/h4,16H,3,5H2,1-2H3/b6-4+. The molecule has 0 aromatic heterocycles. The quantitative estimate of drug-likeness (QED) is 0.599. The summed E-state index contributed by atoms with van der Waals surface area (Å²) in [6.45, 7) is 2.46. The Morgan fingerprint density at radius 1 is 1.06 bits per heavy atom. The zero-order valence-electron chi connectivity index (χ0n) is 8.71. The number of hydrogen-bond donors (Lipinski definition) is 1. The van der Waals surface area contributed by atoms with E-state index in [9.17, 15) is 26.3 Å². The van der Waals surface area contributed by atoms with Crippen LogP contribution in [0.25, 0.3) is 0 Å². The second-order valence-electron chi connectivity index (χ2n) is 3.27. The lowest BCUT2D eigenvalue weighted by Crippen LogP contribution is -2.58. The number of hydrogen-bond acceptors (Lipinski definition) is 1. The van der Waals surface area contributed by atoms with Crippen LogP contribution in [-0.2, 0) is 0 Å². The summed E-state index contributed by atoms with van der Waals surface area (Å²) >= 11 is 0. The summed E-state index contributed by atoms with van der Waals surface area (Å²) in [5.74, 6) is 0. The Morgan fingerprint density at radius 2 is 1.44 bits per heavy atom. The summed E-state index contributed by atoms with van der Waals surface area (Å²) < 4.78 is 74.1. The summed E-state index contributed by atoms with van der Waals surface area (Å²) in [5, 5.41) is 8.96. The van der Waals surface area contributed by atoms with Gasteiger partial charge in [-0.2, -0.15) is 26.3 Å². The summed E-state index contributed by atoms with van der Waals surface area (Å²) in [6, 6.07) is 0. The molecule has 0 radical (unpaired) electrons. The average molecular weight is 250 g/mol. The first-order chi connectivity index (χ1) is 7.02. The summed E-state index contributed by atoms with van der Waals surface area (Å²) in [6.07, 6.45) is -11.3. The molecule has 0 fully saturated rings. The highest BCUT2D eigenvalue weighted by Crippen LogP contribution is 2.48. The van der Waals surface area contributed by atoms with Gasteiger partial charge in [-0.15, -0.1) is 0 Å². The number of allylic oxidation sites excluding steroid dienone is 1. The molecular weight excluding hydrogens is 238 g/mol. The van der Waals surface area contributed by atoms with Gasteiger partial charge in [0.1, 0.15) is 0 Å². The van der Waals surface area contributed by atoms with Crippen LogP contribution in [0.2, 0.25) is 0 Å². The number of aliphatic hydroxyl groups is 1. The molecule has 0 heterocycles. The van der Waals surface area contributed by atoms with Crippen molar-refractivity contribution in [2.45, 2.75) is 44.6 Å². The third kappa shape index (κ3) is 2.50. The molecule has 1 nitrogen and oxygen atoms in total. The van der Waals surface area contributed by atoms with Crippen LogP contribution >= 0.6 is 0 Å². The van der Waals surface area contributed by atoms with Gasteiger partial charge in [0.2, 0.25) is 0 Å². The molecule has 0 amide bonds. The largest absolute Gasteiger partial charge is 0.430 e. The summed E-state index contributed by atoms with van der Waals surface area (Å²) in [4.78, 5) is 0. The Kier molecular flexibility index (Phi) is 4.44. The zero-order chi connectivity index (χ0) is 13.2. The maximum Gasteiger partial charge on any atom is 0.430 e. The molecule has 0 unspecified atom stereocenters. The Bertz CT molecular complexity index is 248. The minimum atomic E-state index is -5.78. The van der Waals surface area contributed by atoms with Crippen molar-refractivity contribution in [3.63, 3.8) is 0 Å².